The van der Waals surface area contributed by atoms with Crippen molar-refractivity contribution in [3.63, 3.8) is 0 Å². The molecule has 61 heavy (non-hydrogen) atoms. The van der Waals surface area contributed by atoms with E-state index in [-0.39, 0.29) is 18.5 Å². The molecule has 1 amide bonds. The first-order chi connectivity index (χ1) is 30.0. The zero-order valence-corrected chi connectivity index (χ0v) is 40.6. The molecule has 3 N–H and O–H groups in total. The number of hydrogen-bond acceptors (Lipinski definition) is 5. The van der Waals surface area contributed by atoms with E-state index in [0.29, 0.717) is 32.3 Å². The van der Waals surface area contributed by atoms with Gasteiger partial charge in [0.25, 0.3) is 0 Å². The van der Waals surface area contributed by atoms with Gasteiger partial charge < -0.3 is 20.3 Å². The second kappa shape index (κ2) is 50.7. The second-order valence-corrected chi connectivity index (χ2v) is 18.2. The number of hydrogen-bond donors (Lipinski definition) is 3. The maximum atomic E-state index is 12.4. The summed E-state index contributed by atoms with van der Waals surface area (Å²) in [5.74, 6) is -0.137. The van der Waals surface area contributed by atoms with Gasteiger partial charge in [0.2, 0.25) is 5.91 Å². The van der Waals surface area contributed by atoms with Crippen LogP contribution in [0.25, 0.3) is 0 Å². The standard InChI is InChI=1S/C55H103NO5/c1-3-5-7-9-11-13-15-17-19-20-21-25-29-33-37-41-45-49-55(60)61-50-46-42-38-34-30-26-22-24-28-32-36-40-44-48-54(59)56-52(51-57)53(58)47-43-39-35-31-27-23-18-16-14-12-10-8-6-4-2/h17,19,24,28,36,40,52-53,57-58H,3-16,18,20-23,25-27,29-35,37-39,41-51H2,1-2H3,(H,56,59)/b19-17-,28-24-,40-36-. The number of esters is 1. The van der Waals surface area contributed by atoms with Crippen LogP contribution in [0.2, 0.25) is 0 Å². The molecule has 0 aliphatic carbocycles. The summed E-state index contributed by atoms with van der Waals surface area (Å²) in [5.41, 5.74) is 0. The largest absolute Gasteiger partial charge is 0.466 e. The molecule has 358 valence electrons. The Kier molecular flexibility index (Phi) is 49.1. The van der Waals surface area contributed by atoms with E-state index >= 15 is 0 Å². The van der Waals surface area contributed by atoms with Crippen LogP contribution in [-0.2, 0) is 14.3 Å². The van der Waals surface area contributed by atoms with Crippen LogP contribution in [0.15, 0.2) is 36.5 Å². The van der Waals surface area contributed by atoms with Crippen molar-refractivity contribution in [3.05, 3.63) is 36.5 Å². The molecule has 0 fully saturated rings. The van der Waals surface area contributed by atoms with E-state index in [1.807, 2.05) is 6.08 Å². The lowest BCUT2D eigenvalue weighted by Crippen LogP contribution is -2.45. The third kappa shape index (κ3) is 47.4. The fourth-order valence-electron chi connectivity index (χ4n) is 8.04. The summed E-state index contributed by atoms with van der Waals surface area (Å²) in [4.78, 5) is 24.5. The molecule has 0 aromatic heterocycles. The number of allylic oxidation sites excluding steroid dienone is 6. The van der Waals surface area contributed by atoms with Crippen molar-refractivity contribution < 1.29 is 24.5 Å². The van der Waals surface area contributed by atoms with E-state index in [9.17, 15) is 19.8 Å². The fraction of sp³-hybridized carbons (Fsp3) is 0.855. The molecule has 0 bridgehead atoms. The molecule has 2 unspecified atom stereocenters. The third-order valence-electron chi connectivity index (χ3n) is 12.2. The van der Waals surface area contributed by atoms with E-state index in [2.05, 4.69) is 49.5 Å². The minimum absolute atomic E-state index is 0.0207. The van der Waals surface area contributed by atoms with Gasteiger partial charge in [0, 0.05) is 12.8 Å². The van der Waals surface area contributed by atoms with Crippen molar-refractivity contribution in [2.24, 2.45) is 0 Å². The lowest BCUT2D eigenvalue weighted by Gasteiger charge is -2.22. The quantitative estimate of drug-likeness (QED) is 0.0322. The number of amides is 1. The molecule has 6 nitrogen and oxygen atoms in total. The average Bonchev–Trinajstić information content (AvgIpc) is 3.26. The van der Waals surface area contributed by atoms with Crippen LogP contribution in [-0.4, -0.2) is 47.4 Å². The highest BCUT2D eigenvalue weighted by atomic mass is 16.5. The average molecular weight is 858 g/mol. The lowest BCUT2D eigenvalue weighted by molar-refractivity contribution is -0.143. The smallest absolute Gasteiger partial charge is 0.305 e. The van der Waals surface area contributed by atoms with Crippen molar-refractivity contribution >= 4 is 11.9 Å². The Hall–Kier alpha value is -1.92. The predicted molar refractivity (Wildman–Crippen MR) is 264 cm³/mol. The number of carbonyl (C=O) groups excluding carboxylic acids is 2. The Bertz CT molecular complexity index is 993. The number of ether oxygens (including phenoxy) is 1. The number of aliphatic hydroxyl groups excluding tert-OH is 2. The highest BCUT2D eigenvalue weighted by Gasteiger charge is 2.19. The molecule has 0 aromatic carbocycles. The maximum Gasteiger partial charge on any atom is 0.305 e. The van der Waals surface area contributed by atoms with Crippen molar-refractivity contribution in [1.29, 1.82) is 0 Å². The molecule has 0 aliphatic rings. The number of nitrogens with one attached hydrogen (secondary N) is 1. The Balaban J connectivity index is 3.54. The zero-order valence-electron chi connectivity index (χ0n) is 40.6. The van der Waals surface area contributed by atoms with Crippen molar-refractivity contribution in [1.82, 2.24) is 5.32 Å². The first-order valence-electron chi connectivity index (χ1n) is 26.7. The van der Waals surface area contributed by atoms with Crippen LogP contribution in [0, 0.1) is 0 Å². The first-order valence-corrected chi connectivity index (χ1v) is 26.7. The number of carbonyl (C=O) groups is 2. The highest BCUT2D eigenvalue weighted by Crippen LogP contribution is 2.16. The SMILES string of the molecule is CCCCCCCC/C=C\CCCCCCCCCC(=O)OCCCCCCCC/C=C\C/C=C\CCC(=O)NC(CO)C(O)CCCCCCCCCCCCCCCC. The van der Waals surface area contributed by atoms with Gasteiger partial charge in [-0.05, 0) is 70.6 Å². The van der Waals surface area contributed by atoms with Gasteiger partial charge in [-0.3, -0.25) is 9.59 Å². The number of rotatable bonds is 49. The highest BCUT2D eigenvalue weighted by molar-refractivity contribution is 5.76. The topological polar surface area (TPSA) is 95.9 Å². The Labute approximate surface area is 379 Å². The Morgan fingerprint density at radius 1 is 0.459 bits per heavy atom. The Morgan fingerprint density at radius 3 is 1.30 bits per heavy atom. The number of aliphatic hydroxyl groups is 2. The third-order valence-corrected chi connectivity index (χ3v) is 12.2. The molecule has 0 heterocycles. The summed E-state index contributed by atoms with van der Waals surface area (Å²) >= 11 is 0. The summed E-state index contributed by atoms with van der Waals surface area (Å²) in [7, 11) is 0. The van der Waals surface area contributed by atoms with Crippen molar-refractivity contribution in [3.8, 4) is 0 Å². The van der Waals surface area contributed by atoms with Gasteiger partial charge in [0.05, 0.1) is 25.4 Å². The molecular weight excluding hydrogens is 755 g/mol. The normalized spacial score (nSPS) is 12.9. The summed E-state index contributed by atoms with van der Waals surface area (Å²) in [6.45, 7) is 4.88. The Morgan fingerprint density at radius 2 is 0.836 bits per heavy atom. The summed E-state index contributed by atoms with van der Waals surface area (Å²) in [6.07, 6.45) is 61.3. The van der Waals surface area contributed by atoms with Gasteiger partial charge in [0.15, 0.2) is 0 Å². The maximum absolute atomic E-state index is 12.4. The second-order valence-electron chi connectivity index (χ2n) is 18.2. The number of unbranched alkanes of at least 4 members (excludes halogenated alkanes) is 32. The van der Waals surface area contributed by atoms with Gasteiger partial charge in [-0.25, -0.2) is 0 Å². The van der Waals surface area contributed by atoms with Crippen molar-refractivity contribution in [2.45, 2.75) is 289 Å². The van der Waals surface area contributed by atoms with E-state index in [1.165, 1.54) is 186 Å². The molecule has 0 aliphatic heterocycles. The summed E-state index contributed by atoms with van der Waals surface area (Å²) in [5, 5.41) is 23.1. The molecule has 0 rings (SSSR count). The molecule has 6 heteroatoms. The molecule has 0 saturated heterocycles. The van der Waals surface area contributed by atoms with Crippen LogP contribution < -0.4 is 5.32 Å². The van der Waals surface area contributed by atoms with Gasteiger partial charge >= 0.3 is 5.97 Å². The van der Waals surface area contributed by atoms with Gasteiger partial charge in [0.1, 0.15) is 0 Å². The fourth-order valence-corrected chi connectivity index (χ4v) is 8.04. The van der Waals surface area contributed by atoms with E-state index in [4.69, 9.17) is 4.74 Å². The molecule has 0 saturated carbocycles. The van der Waals surface area contributed by atoms with Crippen LogP contribution in [0.3, 0.4) is 0 Å². The van der Waals surface area contributed by atoms with Crippen LogP contribution >= 0.6 is 0 Å². The summed E-state index contributed by atoms with van der Waals surface area (Å²) < 4.78 is 5.46. The molecule has 0 aromatic rings. The van der Waals surface area contributed by atoms with Gasteiger partial charge in [-0.1, -0.05) is 230 Å². The first kappa shape index (κ1) is 59.1. The van der Waals surface area contributed by atoms with Crippen LogP contribution in [0.4, 0.5) is 0 Å². The monoisotopic (exact) mass is 858 g/mol. The minimum atomic E-state index is -0.699. The van der Waals surface area contributed by atoms with Crippen molar-refractivity contribution in [2.75, 3.05) is 13.2 Å². The van der Waals surface area contributed by atoms with E-state index in [1.54, 1.807) is 0 Å². The van der Waals surface area contributed by atoms with Gasteiger partial charge in [-0.2, -0.15) is 0 Å². The summed E-state index contributed by atoms with van der Waals surface area (Å²) in [6, 6.07) is -0.585. The zero-order chi connectivity index (χ0) is 44.4. The van der Waals surface area contributed by atoms with Crippen LogP contribution in [0.1, 0.15) is 277 Å². The minimum Gasteiger partial charge on any atom is -0.466 e. The van der Waals surface area contributed by atoms with E-state index in [0.717, 1.165) is 51.4 Å². The van der Waals surface area contributed by atoms with E-state index < -0.39 is 12.1 Å². The molecule has 0 spiro atoms. The molecular formula is C55H103NO5. The molecule has 2 atom stereocenters. The molecule has 0 radical (unpaired) electrons. The van der Waals surface area contributed by atoms with Gasteiger partial charge in [-0.15, -0.1) is 0 Å². The lowest BCUT2D eigenvalue weighted by atomic mass is 10.0. The van der Waals surface area contributed by atoms with Crippen LogP contribution in [0.5, 0.6) is 0 Å². The predicted octanol–water partition coefficient (Wildman–Crippen LogP) is 16.1.